The van der Waals surface area contributed by atoms with Gasteiger partial charge in [-0.3, -0.25) is 0 Å². The van der Waals surface area contributed by atoms with E-state index >= 15 is 0 Å². The van der Waals surface area contributed by atoms with Gasteiger partial charge in [-0.2, -0.15) is 0 Å². The number of hydrogen-bond donors (Lipinski definition) is 2. The molecule has 0 aromatic carbocycles. The van der Waals surface area contributed by atoms with Crippen molar-refractivity contribution in [1.29, 1.82) is 0 Å². The van der Waals surface area contributed by atoms with E-state index in [2.05, 4.69) is 0 Å². The molecule has 2 N–H and O–H groups in total. The normalized spacial score (nSPS) is 47.3. The molecule has 17 heavy (non-hydrogen) atoms. The Morgan fingerprint density at radius 1 is 0.941 bits per heavy atom. The fraction of sp³-hybridized carbons (Fsp3) is 0.667. The molecule has 94 valence electrons. The summed E-state index contributed by atoms with van der Waals surface area (Å²) in [6, 6.07) is 0. The number of fused-ring (bicyclic) bond motifs is 5. The van der Waals surface area contributed by atoms with Gasteiger partial charge in [0.2, 0.25) is 0 Å². The molecule has 0 aromatic rings. The van der Waals surface area contributed by atoms with Gasteiger partial charge < -0.3 is 24.4 Å². The third-order valence-corrected chi connectivity index (χ3v) is 3.93. The van der Waals surface area contributed by atoms with E-state index in [1.54, 1.807) is 26.4 Å². The average Bonchev–Trinajstić information content (AvgIpc) is 2.88. The summed E-state index contributed by atoms with van der Waals surface area (Å²) in [5.41, 5.74) is 0. The molecule has 0 aromatic heterocycles. The van der Waals surface area contributed by atoms with Crippen LogP contribution in [0.15, 0.2) is 23.7 Å². The Bertz CT molecular complexity index is 354. The van der Waals surface area contributed by atoms with E-state index in [1.165, 1.54) is 0 Å². The fourth-order valence-electron chi connectivity index (χ4n) is 3.23. The SMILES string of the molecule is COC1=C(OC)C2OC1C1C(O)C=CC(O)C21. The second-order valence-electron chi connectivity index (χ2n) is 4.63. The molecule has 2 heterocycles. The van der Waals surface area contributed by atoms with Crippen LogP contribution < -0.4 is 0 Å². The van der Waals surface area contributed by atoms with Crippen molar-refractivity contribution in [2.75, 3.05) is 14.2 Å². The van der Waals surface area contributed by atoms with Crippen LogP contribution >= 0.6 is 0 Å². The summed E-state index contributed by atoms with van der Waals surface area (Å²) >= 11 is 0. The lowest BCUT2D eigenvalue weighted by Gasteiger charge is -2.36. The van der Waals surface area contributed by atoms with Crippen molar-refractivity contribution in [2.24, 2.45) is 11.8 Å². The van der Waals surface area contributed by atoms with E-state index in [4.69, 9.17) is 14.2 Å². The highest BCUT2D eigenvalue weighted by atomic mass is 16.6. The van der Waals surface area contributed by atoms with Gasteiger partial charge in [-0.25, -0.2) is 0 Å². The molecule has 5 nitrogen and oxygen atoms in total. The summed E-state index contributed by atoms with van der Waals surface area (Å²) in [6.07, 6.45) is 1.38. The van der Waals surface area contributed by atoms with Crippen LogP contribution in [0.1, 0.15) is 0 Å². The van der Waals surface area contributed by atoms with Crippen molar-refractivity contribution < 1.29 is 24.4 Å². The highest BCUT2D eigenvalue weighted by molar-refractivity contribution is 5.31. The van der Waals surface area contributed by atoms with E-state index in [0.29, 0.717) is 11.5 Å². The molecule has 1 fully saturated rings. The number of hydrogen-bond acceptors (Lipinski definition) is 5. The maximum atomic E-state index is 9.99. The lowest BCUT2D eigenvalue weighted by atomic mass is 9.72. The fourth-order valence-corrected chi connectivity index (χ4v) is 3.23. The summed E-state index contributed by atoms with van der Waals surface area (Å²) in [4.78, 5) is 0. The van der Waals surface area contributed by atoms with Crippen molar-refractivity contribution >= 4 is 0 Å². The first-order chi connectivity index (χ1) is 8.19. The second kappa shape index (κ2) is 3.73. The van der Waals surface area contributed by atoms with Crippen LogP contribution in [0, 0.1) is 11.8 Å². The molecule has 0 saturated carbocycles. The zero-order valence-electron chi connectivity index (χ0n) is 9.74. The Morgan fingerprint density at radius 3 is 1.71 bits per heavy atom. The molecule has 6 unspecified atom stereocenters. The molecule has 1 aliphatic carbocycles. The molecule has 3 rings (SSSR count). The molecule has 3 aliphatic rings. The Hall–Kier alpha value is -1.04. The minimum Gasteiger partial charge on any atom is -0.495 e. The van der Waals surface area contributed by atoms with E-state index in [1.807, 2.05) is 0 Å². The zero-order valence-corrected chi connectivity index (χ0v) is 9.74. The first kappa shape index (κ1) is 11.1. The summed E-state index contributed by atoms with van der Waals surface area (Å²) in [6.45, 7) is 0. The third-order valence-electron chi connectivity index (χ3n) is 3.93. The monoisotopic (exact) mass is 240 g/mol. The van der Waals surface area contributed by atoms with Gasteiger partial charge in [0, 0.05) is 11.8 Å². The standard InChI is InChI=1S/C12H16O5/c1-15-11-9-7-5(13)3-4-6(14)8(7)10(17-9)12(11)16-2/h3-10,13-14H,1-2H3. The van der Waals surface area contributed by atoms with Crippen LogP contribution in [-0.2, 0) is 14.2 Å². The third kappa shape index (κ3) is 1.30. The van der Waals surface area contributed by atoms with E-state index in [9.17, 15) is 10.2 Å². The second-order valence-corrected chi connectivity index (χ2v) is 4.63. The molecular weight excluding hydrogens is 224 g/mol. The molecule has 0 radical (unpaired) electrons. The summed E-state index contributed by atoms with van der Waals surface area (Å²) < 4.78 is 16.4. The zero-order chi connectivity index (χ0) is 12.2. The van der Waals surface area contributed by atoms with Crippen molar-refractivity contribution in [3.63, 3.8) is 0 Å². The van der Waals surface area contributed by atoms with Gasteiger partial charge in [0.05, 0.1) is 26.4 Å². The Labute approximate surface area is 99.3 Å². The highest BCUT2D eigenvalue weighted by Gasteiger charge is 2.60. The average molecular weight is 240 g/mol. The van der Waals surface area contributed by atoms with E-state index < -0.39 is 12.2 Å². The van der Waals surface area contributed by atoms with Gasteiger partial charge in [0.25, 0.3) is 0 Å². The summed E-state index contributed by atoms with van der Waals surface area (Å²) in [5.74, 6) is 0.961. The Balaban J connectivity index is 2.01. The molecule has 2 bridgehead atoms. The van der Waals surface area contributed by atoms with Crippen LogP contribution in [0.25, 0.3) is 0 Å². The topological polar surface area (TPSA) is 68.2 Å². The van der Waals surface area contributed by atoms with Gasteiger partial charge in [-0.05, 0) is 0 Å². The number of aliphatic hydroxyl groups excluding tert-OH is 2. The van der Waals surface area contributed by atoms with Crippen LogP contribution in [0.4, 0.5) is 0 Å². The first-order valence-electron chi connectivity index (χ1n) is 5.71. The van der Waals surface area contributed by atoms with Gasteiger partial charge in [-0.15, -0.1) is 0 Å². The van der Waals surface area contributed by atoms with Crippen molar-refractivity contribution in [1.82, 2.24) is 0 Å². The maximum Gasteiger partial charge on any atom is 0.165 e. The molecule has 2 aliphatic heterocycles. The maximum absolute atomic E-state index is 9.99. The lowest BCUT2D eigenvalue weighted by molar-refractivity contribution is 0.0219. The van der Waals surface area contributed by atoms with Gasteiger partial charge in [-0.1, -0.05) is 12.2 Å². The predicted octanol–water partition coefficient (Wildman–Crippen LogP) is -0.204. The smallest absolute Gasteiger partial charge is 0.165 e. The van der Waals surface area contributed by atoms with Crippen LogP contribution in [0.5, 0.6) is 0 Å². The molecule has 1 saturated heterocycles. The minimum atomic E-state index is -0.609. The lowest BCUT2D eigenvalue weighted by Crippen LogP contribution is -2.45. The number of methoxy groups -OCH3 is 2. The predicted molar refractivity (Wildman–Crippen MR) is 57.8 cm³/mol. The highest BCUT2D eigenvalue weighted by Crippen LogP contribution is 2.51. The molecule has 6 atom stereocenters. The van der Waals surface area contributed by atoms with E-state index in [0.717, 1.165) is 0 Å². The number of rotatable bonds is 2. The number of ether oxygens (including phenoxy) is 3. The van der Waals surface area contributed by atoms with E-state index in [-0.39, 0.29) is 24.0 Å². The minimum absolute atomic E-state index is 0.158. The largest absolute Gasteiger partial charge is 0.495 e. The van der Waals surface area contributed by atoms with Gasteiger partial charge in [0.1, 0.15) is 12.2 Å². The molecular formula is C12H16O5. The Kier molecular flexibility index (Phi) is 2.43. The summed E-state index contributed by atoms with van der Waals surface area (Å²) in [7, 11) is 3.13. The van der Waals surface area contributed by atoms with Crippen LogP contribution in [0.2, 0.25) is 0 Å². The molecule has 0 spiro atoms. The molecule has 5 heteroatoms. The van der Waals surface area contributed by atoms with Gasteiger partial charge in [0.15, 0.2) is 11.5 Å². The summed E-state index contributed by atoms with van der Waals surface area (Å²) in [5, 5.41) is 20.0. The van der Waals surface area contributed by atoms with Crippen LogP contribution in [-0.4, -0.2) is 48.8 Å². The Morgan fingerprint density at radius 2 is 1.35 bits per heavy atom. The van der Waals surface area contributed by atoms with Crippen molar-refractivity contribution in [2.45, 2.75) is 24.4 Å². The molecule has 0 amide bonds. The van der Waals surface area contributed by atoms with Crippen LogP contribution in [0.3, 0.4) is 0 Å². The number of aliphatic hydroxyl groups is 2. The quantitative estimate of drug-likeness (QED) is 0.654. The van der Waals surface area contributed by atoms with Crippen molar-refractivity contribution in [3.8, 4) is 0 Å². The van der Waals surface area contributed by atoms with Crippen molar-refractivity contribution in [3.05, 3.63) is 23.7 Å². The first-order valence-corrected chi connectivity index (χ1v) is 5.71. The van der Waals surface area contributed by atoms with Gasteiger partial charge >= 0.3 is 0 Å².